The number of nitrogen functional groups attached to an aromatic ring is 1. The number of ether oxygens (including phenoxy) is 1. The quantitative estimate of drug-likeness (QED) is 0.870. The van der Waals surface area contributed by atoms with E-state index >= 15 is 0 Å². The Morgan fingerprint density at radius 3 is 2.56 bits per heavy atom. The van der Waals surface area contributed by atoms with Gasteiger partial charge in [-0.2, -0.15) is 0 Å². The first-order valence-electron chi connectivity index (χ1n) is 5.52. The van der Waals surface area contributed by atoms with Crippen molar-refractivity contribution in [1.82, 2.24) is 0 Å². The van der Waals surface area contributed by atoms with Crippen molar-refractivity contribution in [2.45, 2.75) is 13.2 Å². The monoisotopic (exact) mass is 309 g/mol. The number of anilines is 1. The van der Waals surface area contributed by atoms with E-state index in [0.717, 1.165) is 10.0 Å². The lowest BCUT2D eigenvalue weighted by atomic mass is 10.2. The highest BCUT2D eigenvalue weighted by Crippen LogP contribution is 2.19. The molecule has 0 atom stereocenters. The molecule has 0 spiro atoms. The van der Waals surface area contributed by atoms with Crippen LogP contribution in [0, 0.1) is 5.82 Å². The van der Waals surface area contributed by atoms with Crippen molar-refractivity contribution in [2.75, 3.05) is 5.73 Å². The third kappa shape index (κ3) is 3.31. The molecular weight excluding hydrogens is 297 g/mol. The van der Waals surface area contributed by atoms with Gasteiger partial charge < -0.3 is 10.5 Å². The Morgan fingerprint density at radius 1 is 1.06 bits per heavy atom. The lowest BCUT2D eigenvalue weighted by Crippen LogP contribution is -1.99. The summed E-state index contributed by atoms with van der Waals surface area (Å²) in [6, 6.07) is 12.1. The van der Waals surface area contributed by atoms with Crippen LogP contribution in [0.3, 0.4) is 0 Å². The van der Waals surface area contributed by atoms with Crippen LogP contribution in [0.4, 0.5) is 10.1 Å². The summed E-state index contributed by atoms with van der Waals surface area (Å²) in [5.74, 6) is -0.302. The maximum Gasteiger partial charge on any atom is 0.123 e. The number of rotatable bonds is 4. The van der Waals surface area contributed by atoms with E-state index in [2.05, 4.69) is 15.9 Å². The van der Waals surface area contributed by atoms with E-state index in [1.807, 2.05) is 24.3 Å². The molecule has 2 rings (SSSR count). The molecule has 2 nitrogen and oxygen atoms in total. The van der Waals surface area contributed by atoms with Crippen LogP contribution < -0.4 is 5.73 Å². The van der Waals surface area contributed by atoms with Crippen LogP contribution in [0.1, 0.15) is 11.1 Å². The summed E-state index contributed by atoms with van der Waals surface area (Å²) in [4.78, 5) is 0. The molecule has 0 aliphatic rings. The topological polar surface area (TPSA) is 35.2 Å². The van der Waals surface area contributed by atoms with E-state index in [9.17, 15) is 4.39 Å². The fourth-order valence-corrected chi connectivity index (χ4v) is 1.98. The molecule has 0 bridgehead atoms. The van der Waals surface area contributed by atoms with Crippen LogP contribution in [0.25, 0.3) is 0 Å². The summed E-state index contributed by atoms with van der Waals surface area (Å²) in [5, 5.41) is 0. The summed E-state index contributed by atoms with van der Waals surface area (Å²) >= 11 is 3.44. The summed E-state index contributed by atoms with van der Waals surface area (Å²) in [5.41, 5.74) is 8.00. The summed E-state index contributed by atoms with van der Waals surface area (Å²) in [6.07, 6.45) is 0. The second-order valence-corrected chi connectivity index (χ2v) is 4.78. The molecule has 2 N–H and O–H groups in total. The molecule has 0 aliphatic carbocycles. The molecule has 0 aromatic heterocycles. The van der Waals surface area contributed by atoms with Gasteiger partial charge in [0.25, 0.3) is 0 Å². The van der Waals surface area contributed by atoms with E-state index in [1.54, 1.807) is 6.07 Å². The summed E-state index contributed by atoms with van der Waals surface area (Å²) < 4.78 is 19.6. The fraction of sp³-hybridized carbons (Fsp3) is 0.143. The standard InChI is InChI=1S/C14H13BrFNO/c15-13-4-2-1-3-10(13)8-18-9-11-7-12(16)5-6-14(11)17/h1-7H,8-9,17H2. The number of hydrogen-bond donors (Lipinski definition) is 1. The average Bonchev–Trinajstić information content (AvgIpc) is 2.36. The molecule has 0 amide bonds. The van der Waals surface area contributed by atoms with Gasteiger partial charge in [0.15, 0.2) is 0 Å². The molecule has 0 saturated heterocycles. The van der Waals surface area contributed by atoms with Gasteiger partial charge in [0.2, 0.25) is 0 Å². The Morgan fingerprint density at radius 2 is 1.78 bits per heavy atom. The van der Waals surface area contributed by atoms with Crippen LogP contribution in [0.15, 0.2) is 46.9 Å². The number of nitrogens with two attached hydrogens (primary N) is 1. The number of benzene rings is 2. The van der Waals surface area contributed by atoms with Crippen molar-refractivity contribution in [3.05, 3.63) is 63.9 Å². The lowest BCUT2D eigenvalue weighted by Gasteiger charge is -2.08. The molecule has 2 aromatic rings. The molecule has 0 unspecified atom stereocenters. The average molecular weight is 310 g/mol. The van der Waals surface area contributed by atoms with E-state index < -0.39 is 0 Å². The molecule has 0 radical (unpaired) electrons. The highest BCUT2D eigenvalue weighted by Gasteiger charge is 2.03. The molecule has 0 fully saturated rings. The Hall–Kier alpha value is -1.39. The van der Waals surface area contributed by atoms with E-state index in [-0.39, 0.29) is 5.82 Å². The second kappa shape index (κ2) is 5.98. The predicted octanol–water partition coefficient (Wildman–Crippen LogP) is 3.89. The summed E-state index contributed by atoms with van der Waals surface area (Å²) in [7, 11) is 0. The van der Waals surface area contributed by atoms with E-state index in [1.165, 1.54) is 12.1 Å². The minimum absolute atomic E-state index is 0.297. The molecule has 94 valence electrons. The first-order valence-corrected chi connectivity index (χ1v) is 6.31. The van der Waals surface area contributed by atoms with Gasteiger partial charge in [0.1, 0.15) is 5.82 Å². The minimum Gasteiger partial charge on any atom is -0.398 e. The first kappa shape index (κ1) is 13.1. The summed E-state index contributed by atoms with van der Waals surface area (Å²) in [6.45, 7) is 0.752. The molecule has 2 aromatic carbocycles. The van der Waals surface area contributed by atoms with Gasteiger partial charge in [-0.1, -0.05) is 34.1 Å². The lowest BCUT2D eigenvalue weighted by molar-refractivity contribution is 0.107. The van der Waals surface area contributed by atoms with Gasteiger partial charge in [-0.05, 0) is 29.8 Å². The van der Waals surface area contributed by atoms with Crippen LogP contribution in [-0.2, 0) is 18.0 Å². The van der Waals surface area contributed by atoms with Crippen LogP contribution in [0.5, 0.6) is 0 Å². The normalized spacial score (nSPS) is 10.6. The van der Waals surface area contributed by atoms with Gasteiger partial charge >= 0.3 is 0 Å². The van der Waals surface area contributed by atoms with E-state index in [4.69, 9.17) is 10.5 Å². The van der Waals surface area contributed by atoms with Crippen molar-refractivity contribution < 1.29 is 9.13 Å². The van der Waals surface area contributed by atoms with Crippen molar-refractivity contribution in [3.8, 4) is 0 Å². The first-order chi connectivity index (χ1) is 8.66. The third-order valence-corrected chi connectivity index (χ3v) is 3.35. The number of hydrogen-bond acceptors (Lipinski definition) is 2. The zero-order valence-corrected chi connectivity index (χ0v) is 11.3. The smallest absolute Gasteiger partial charge is 0.123 e. The second-order valence-electron chi connectivity index (χ2n) is 3.93. The van der Waals surface area contributed by atoms with Gasteiger partial charge in [-0.15, -0.1) is 0 Å². The Balaban J connectivity index is 1.96. The molecule has 0 aliphatic heterocycles. The Kier molecular flexibility index (Phi) is 4.33. The largest absolute Gasteiger partial charge is 0.398 e. The zero-order chi connectivity index (χ0) is 13.0. The van der Waals surface area contributed by atoms with Gasteiger partial charge in [-0.3, -0.25) is 0 Å². The van der Waals surface area contributed by atoms with Crippen molar-refractivity contribution in [1.29, 1.82) is 0 Å². The Bertz CT molecular complexity index is 545. The van der Waals surface area contributed by atoms with Crippen LogP contribution in [0.2, 0.25) is 0 Å². The number of halogens is 2. The molecular formula is C14H13BrFNO. The molecule has 4 heteroatoms. The molecule has 0 heterocycles. The molecule has 0 saturated carbocycles. The zero-order valence-electron chi connectivity index (χ0n) is 9.70. The van der Waals surface area contributed by atoms with Gasteiger partial charge in [0, 0.05) is 15.7 Å². The maximum atomic E-state index is 13.0. The maximum absolute atomic E-state index is 13.0. The van der Waals surface area contributed by atoms with Crippen molar-refractivity contribution in [3.63, 3.8) is 0 Å². The highest BCUT2D eigenvalue weighted by molar-refractivity contribution is 9.10. The fourth-order valence-electron chi connectivity index (χ4n) is 1.59. The van der Waals surface area contributed by atoms with Crippen molar-refractivity contribution >= 4 is 21.6 Å². The third-order valence-electron chi connectivity index (χ3n) is 2.58. The SMILES string of the molecule is Nc1ccc(F)cc1COCc1ccccc1Br. The van der Waals surface area contributed by atoms with Crippen molar-refractivity contribution in [2.24, 2.45) is 0 Å². The van der Waals surface area contributed by atoms with Gasteiger partial charge in [0.05, 0.1) is 13.2 Å². The van der Waals surface area contributed by atoms with Crippen LogP contribution >= 0.6 is 15.9 Å². The van der Waals surface area contributed by atoms with Crippen LogP contribution in [-0.4, -0.2) is 0 Å². The highest BCUT2D eigenvalue weighted by atomic mass is 79.9. The van der Waals surface area contributed by atoms with E-state index in [0.29, 0.717) is 24.5 Å². The Labute approximate surface area is 114 Å². The van der Waals surface area contributed by atoms with Gasteiger partial charge in [-0.25, -0.2) is 4.39 Å². The minimum atomic E-state index is -0.302. The predicted molar refractivity (Wildman–Crippen MR) is 73.4 cm³/mol. The molecule has 18 heavy (non-hydrogen) atoms.